The number of aliphatic hydroxyl groups excluding tert-OH is 1. The van der Waals surface area contributed by atoms with Crippen molar-refractivity contribution in [2.75, 3.05) is 0 Å². The first-order valence-electron chi connectivity index (χ1n) is 9.48. The number of rotatable bonds is 8. The molecule has 0 spiro atoms. The van der Waals surface area contributed by atoms with Crippen LogP contribution in [0.2, 0.25) is 0 Å². The molecule has 0 radical (unpaired) electrons. The molecule has 1 heterocycles. The molecule has 0 fully saturated rings. The van der Waals surface area contributed by atoms with Crippen molar-refractivity contribution in [1.29, 1.82) is 0 Å². The smallest absolute Gasteiger partial charge is 0.140 e. The molecule has 1 unspecified atom stereocenters. The van der Waals surface area contributed by atoms with E-state index < -0.39 is 6.10 Å². The molecule has 4 nitrogen and oxygen atoms in total. The molecule has 0 saturated carbocycles. The summed E-state index contributed by atoms with van der Waals surface area (Å²) in [5.74, 6) is 1.70. The van der Waals surface area contributed by atoms with Crippen molar-refractivity contribution in [3.63, 3.8) is 0 Å². The van der Waals surface area contributed by atoms with E-state index in [-0.39, 0.29) is 0 Å². The van der Waals surface area contributed by atoms with Gasteiger partial charge in [0.1, 0.15) is 36.6 Å². The molecule has 0 amide bonds. The third-order valence-electron chi connectivity index (χ3n) is 4.58. The SMILES string of the molecule is OC(c1ccco1)c1ccc(OCc2ccccc2)cc1OCc1ccccc1. The van der Waals surface area contributed by atoms with Gasteiger partial charge >= 0.3 is 0 Å². The highest BCUT2D eigenvalue weighted by atomic mass is 16.5. The van der Waals surface area contributed by atoms with E-state index in [0.29, 0.717) is 36.0 Å². The minimum Gasteiger partial charge on any atom is -0.489 e. The lowest BCUT2D eigenvalue weighted by Gasteiger charge is -2.17. The van der Waals surface area contributed by atoms with Crippen LogP contribution in [0.4, 0.5) is 0 Å². The van der Waals surface area contributed by atoms with Gasteiger partial charge in [-0.2, -0.15) is 0 Å². The maximum absolute atomic E-state index is 10.7. The van der Waals surface area contributed by atoms with Crippen molar-refractivity contribution >= 4 is 0 Å². The molecule has 4 aromatic rings. The van der Waals surface area contributed by atoms with E-state index in [1.165, 1.54) is 0 Å². The normalized spacial score (nSPS) is 11.8. The van der Waals surface area contributed by atoms with Gasteiger partial charge in [-0.15, -0.1) is 0 Å². The van der Waals surface area contributed by atoms with Crippen LogP contribution in [-0.4, -0.2) is 5.11 Å². The maximum Gasteiger partial charge on any atom is 0.140 e. The number of benzene rings is 3. The highest BCUT2D eigenvalue weighted by Crippen LogP contribution is 2.34. The zero-order valence-electron chi connectivity index (χ0n) is 15.9. The van der Waals surface area contributed by atoms with Crippen molar-refractivity contribution in [2.24, 2.45) is 0 Å². The van der Waals surface area contributed by atoms with Gasteiger partial charge in [0.2, 0.25) is 0 Å². The van der Waals surface area contributed by atoms with Crippen LogP contribution in [0.3, 0.4) is 0 Å². The summed E-state index contributed by atoms with van der Waals surface area (Å²) in [6.07, 6.45) is 0.624. The number of hydrogen-bond donors (Lipinski definition) is 1. The highest BCUT2D eigenvalue weighted by molar-refractivity contribution is 5.44. The zero-order chi connectivity index (χ0) is 19.9. The van der Waals surface area contributed by atoms with E-state index in [4.69, 9.17) is 13.9 Å². The Kier molecular flexibility index (Phi) is 5.93. The van der Waals surface area contributed by atoms with Crippen molar-refractivity contribution in [3.05, 3.63) is 120 Å². The molecule has 1 aromatic heterocycles. The second-order valence-electron chi connectivity index (χ2n) is 6.67. The second kappa shape index (κ2) is 9.13. The second-order valence-corrected chi connectivity index (χ2v) is 6.67. The van der Waals surface area contributed by atoms with E-state index in [9.17, 15) is 5.11 Å². The minimum atomic E-state index is -0.918. The van der Waals surface area contributed by atoms with Gasteiger partial charge in [0.05, 0.1) is 6.26 Å². The lowest BCUT2D eigenvalue weighted by atomic mass is 10.1. The fraction of sp³-hybridized carbons (Fsp3) is 0.120. The number of aliphatic hydroxyl groups is 1. The van der Waals surface area contributed by atoms with E-state index in [1.807, 2.05) is 78.9 Å². The summed E-state index contributed by atoms with van der Waals surface area (Å²) in [5.41, 5.74) is 2.75. The molecule has 3 aromatic carbocycles. The predicted molar refractivity (Wildman–Crippen MR) is 111 cm³/mol. The first kappa shape index (κ1) is 18.8. The molecule has 0 saturated heterocycles. The highest BCUT2D eigenvalue weighted by Gasteiger charge is 2.19. The van der Waals surface area contributed by atoms with E-state index in [2.05, 4.69) is 0 Å². The molecule has 0 aliphatic rings. The Morgan fingerprint density at radius 1 is 0.724 bits per heavy atom. The first-order chi connectivity index (χ1) is 14.3. The monoisotopic (exact) mass is 386 g/mol. The standard InChI is InChI=1S/C25H22O4/c26-25(23-12-7-15-27-23)22-14-13-21(28-17-19-8-3-1-4-9-19)16-24(22)29-18-20-10-5-2-6-11-20/h1-16,25-26H,17-18H2. The summed E-state index contributed by atoms with van der Waals surface area (Å²) in [7, 11) is 0. The van der Waals surface area contributed by atoms with E-state index >= 15 is 0 Å². The fourth-order valence-corrected chi connectivity index (χ4v) is 3.03. The largest absolute Gasteiger partial charge is 0.489 e. The molecular weight excluding hydrogens is 364 g/mol. The van der Waals surface area contributed by atoms with Crippen LogP contribution < -0.4 is 9.47 Å². The summed E-state index contributed by atoms with van der Waals surface area (Å²) >= 11 is 0. The topological polar surface area (TPSA) is 51.8 Å². The number of hydrogen-bond acceptors (Lipinski definition) is 4. The van der Waals surface area contributed by atoms with Crippen LogP contribution in [0, 0.1) is 0 Å². The van der Waals surface area contributed by atoms with E-state index in [0.717, 1.165) is 11.1 Å². The quantitative estimate of drug-likeness (QED) is 0.433. The fourth-order valence-electron chi connectivity index (χ4n) is 3.03. The zero-order valence-corrected chi connectivity index (χ0v) is 15.9. The van der Waals surface area contributed by atoms with Crippen molar-refractivity contribution < 1.29 is 19.0 Å². The predicted octanol–water partition coefficient (Wildman–Crippen LogP) is 5.52. The molecule has 4 heteroatoms. The molecule has 0 bridgehead atoms. The van der Waals surface area contributed by atoms with Gasteiger partial charge in [0.15, 0.2) is 0 Å². The van der Waals surface area contributed by atoms with Gasteiger partial charge < -0.3 is 19.0 Å². The van der Waals surface area contributed by atoms with Gasteiger partial charge in [-0.3, -0.25) is 0 Å². The van der Waals surface area contributed by atoms with Crippen LogP contribution in [0.25, 0.3) is 0 Å². The van der Waals surface area contributed by atoms with Crippen LogP contribution in [-0.2, 0) is 13.2 Å². The van der Waals surface area contributed by atoms with Crippen LogP contribution in [0.15, 0.2) is 102 Å². The van der Waals surface area contributed by atoms with Gasteiger partial charge in [-0.05, 0) is 35.4 Å². The summed E-state index contributed by atoms with van der Waals surface area (Å²) < 4.78 is 17.3. The number of furan rings is 1. The minimum absolute atomic E-state index is 0.390. The Hall–Kier alpha value is -3.50. The van der Waals surface area contributed by atoms with Crippen molar-refractivity contribution in [1.82, 2.24) is 0 Å². The third-order valence-corrected chi connectivity index (χ3v) is 4.58. The Bertz CT molecular complexity index is 1010. The lowest BCUT2D eigenvalue weighted by Crippen LogP contribution is -2.05. The van der Waals surface area contributed by atoms with Gasteiger partial charge in [-0.25, -0.2) is 0 Å². The van der Waals surface area contributed by atoms with E-state index in [1.54, 1.807) is 18.4 Å². The third kappa shape index (κ3) is 4.86. The first-order valence-corrected chi connectivity index (χ1v) is 9.48. The molecule has 0 aliphatic carbocycles. The maximum atomic E-state index is 10.7. The Labute approximate surface area is 170 Å². The van der Waals surface area contributed by atoms with Crippen LogP contribution in [0.5, 0.6) is 11.5 Å². The summed E-state index contributed by atoms with van der Waals surface area (Å²) in [6.45, 7) is 0.847. The average molecular weight is 386 g/mol. The van der Waals surface area contributed by atoms with Gasteiger partial charge in [0.25, 0.3) is 0 Å². The van der Waals surface area contributed by atoms with Gasteiger partial charge in [0, 0.05) is 11.6 Å². The molecular formula is C25H22O4. The van der Waals surface area contributed by atoms with Crippen LogP contribution in [0.1, 0.15) is 28.6 Å². The average Bonchev–Trinajstić information content (AvgIpc) is 3.32. The van der Waals surface area contributed by atoms with Gasteiger partial charge in [-0.1, -0.05) is 60.7 Å². The summed E-state index contributed by atoms with van der Waals surface area (Å²) in [5, 5.41) is 10.7. The molecule has 146 valence electrons. The summed E-state index contributed by atoms with van der Waals surface area (Å²) in [4.78, 5) is 0. The van der Waals surface area contributed by atoms with Crippen molar-refractivity contribution in [3.8, 4) is 11.5 Å². The van der Waals surface area contributed by atoms with Crippen LogP contribution >= 0.6 is 0 Å². The summed E-state index contributed by atoms with van der Waals surface area (Å²) in [6, 6.07) is 28.8. The molecule has 1 N–H and O–H groups in total. The molecule has 29 heavy (non-hydrogen) atoms. The molecule has 4 rings (SSSR count). The van der Waals surface area contributed by atoms with Crippen molar-refractivity contribution in [2.45, 2.75) is 19.3 Å². The number of ether oxygens (including phenoxy) is 2. The Balaban J connectivity index is 1.56. The Morgan fingerprint density at radius 3 is 2.00 bits per heavy atom. The Morgan fingerprint density at radius 2 is 1.38 bits per heavy atom. The molecule has 1 atom stereocenters. The lowest BCUT2D eigenvalue weighted by molar-refractivity contribution is 0.181. The molecule has 0 aliphatic heterocycles.